The monoisotopic (exact) mass is 392 g/mol. The van der Waals surface area contributed by atoms with Crippen LogP contribution in [0.25, 0.3) is 10.9 Å². The predicted octanol–water partition coefficient (Wildman–Crippen LogP) is 4.10. The Morgan fingerprint density at radius 3 is 2.81 bits per heavy atom. The van der Waals surface area contributed by atoms with Gasteiger partial charge in [0.1, 0.15) is 5.82 Å². The average Bonchev–Trinajstić information content (AvgIpc) is 2.90. The molecule has 0 saturated heterocycles. The maximum atomic E-state index is 13.3. The summed E-state index contributed by atoms with van der Waals surface area (Å²) in [5.41, 5.74) is 3.64. The van der Waals surface area contributed by atoms with E-state index in [2.05, 4.69) is 9.71 Å². The smallest absolute Gasteiger partial charge is 0.241 e. The van der Waals surface area contributed by atoms with E-state index in [1.165, 1.54) is 18.2 Å². The Balaban J connectivity index is 1.62. The molecule has 0 fully saturated rings. The molecule has 1 aliphatic carbocycles. The first-order valence-corrected chi connectivity index (χ1v) is 10.3. The van der Waals surface area contributed by atoms with Gasteiger partial charge in [-0.05, 0) is 67.6 Å². The van der Waals surface area contributed by atoms with Gasteiger partial charge in [0.25, 0.3) is 0 Å². The predicted molar refractivity (Wildman–Crippen MR) is 101 cm³/mol. The van der Waals surface area contributed by atoms with Gasteiger partial charge in [0.2, 0.25) is 10.0 Å². The number of H-pyrrole nitrogens is 1. The minimum atomic E-state index is -3.70. The highest BCUT2D eigenvalue weighted by atomic mass is 35.5. The van der Waals surface area contributed by atoms with Crippen molar-refractivity contribution in [1.82, 2.24) is 9.71 Å². The summed E-state index contributed by atoms with van der Waals surface area (Å²) in [5.74, 6) is -0.443. The molecule has 0 bridgehead atoms. The van der Waals surface area contributed by atoms with E-state index in [0.717, 1.165) is 28.6 Å². The molecule has 0 amide bonds. The van der Waals surface area contributed by atoms with Crippen LogP contribution in [-0.2, 0) is 22.9 Å². The van der Waals surface area contributed by atoms with Crippen LogP contribution >= 0.6 is 11.6 Å². The first kappa shape index (κ1) is 17.5. The first-order valence-electron chi connectivity index (χ1n) is 8.41. The van der Waals surface area contributed by atoms with E-state index in [-0.39, 0.29) is 10.9 Å². The molecule has 2 N–H and O–H groups in total. The van der Waals surface area contributed by atoms with Crippen LogP contribution < -0.4 is 4.72 Å². The normalized spacial score (nSPS) is 17.4. The quantitative estimate of drug-likeness (QED) is 0.704. The summed E-state index contributed by atoms with van der Waals surface area (Å²) >= 11 is 6.05. The molecule has 4 nitrogen and oxygen atoms in total. The van der Waals surface area contributed by atoms with Gasteiger partial charge >= 0.3 is 0 Å². The Bertz CT molecular complexity index is 1110. The van der Waals surface area contributed by atoms with Crippen molar-refractivity contribution in [2.75, 3.05) is 0 Å². The number of rotatable bonds is 3. The summed E-state index contributed by atoms with van der Waals surface area (Å²) in [6.07, 6.45) is 2.07. The third kappa shape index (κ3) is 3.13. The number of nitrogens with one attached hydrogen (secondary N) is 2. The van der Waals surface area contributed by atoms with Crippen molar-refractivity contribution < 1.29 is 12.8 Å². The molecular weight excluding hydrogens is 375 g/mol. The molecular formula is C19H18ClFN2O2S. The molecule has 7 heteroatoms. The molecule has 1 unspecified atom stereocenters. The number of benzene rings is 2. The zero-order valence-corrected chi connectivity index (χ0v) is 15.7. The molecule has 0 radical (unpaired) electrons. The zero-order valence-electron chi connectivity index (χ0n) is 14.1. The van der Waals surface area contributed by atoms with Crippen molar-refractivity contribution in [1.29, 1.82) is 0 Å². The van der Waals surface area contributed by atoms with E-state index in [1.54, 1.807) is 6.92 Å². The Kier molecular flexibility index (Phi) is 4.29. The first-order chi connectivity index (χ1) is 12.3. The average molecular weight is 393 g/mol. The van der Waals surface area contributed by atoms with E-state index in [1.807, 2.05) is 18.2 Å². The molecule has 0 spiro atoms. The number of aromatic amines is 1. The molecule has 136 valence electrons. The van der Waals surface area contributed by atoms with Crippen LogP contribution in [0.15, 0.2) is 41.3 Å². The van der Waals surface area contributed by atoms with Gasteiger partial charge in [-0.25, -0.2) is 17.5 Å². The van der Waals surface area contributed by atoms with Gasteiger partial charge in [0, 0.05) is 27.7 Å². The van der Waals surface area contributed by atoms with Crippen LogP contribution in [0.5, 0.6) is 0 Å². The van der Waals surface area contributed by atoms with Gasteiger partial charge in [0.15, 0.2) is 0 Å². The molecule has 1 aliphatic rings. The largest absolute Gasteiger partial charge is 0.358 e. The summed E-state index contributed by atoms with van der Waals surface area (Å²) < 4.78 is 41.5. The van der Waals surface area contributed by atoms with Gasteiger partial charge < -0.3 is 4.98 Å². The van der Waals surface area contributed by atoms with Gasteiger partial charge in [-0.3, -0.25) is 0 Å². The Hall–Kier alpha value is -1.89. The van der Waals surface area contributed by atoms with Crippen molar-refractivity contribution >= 4 is 32.5 Å². The van der Waals surface area contributed by atoms with Crippen molar-refractivity contribution in [3.8, 4) is 0 Å². The summed E-state index contributed by atoms with van der Waals surface area (Å²) in [6.45, 7) is 1.60. The number of fused-ring (bicyclic) bond motifs is 3. The number of hydrogen-bond donors (Lipinski definition) is 2. The Labute approximate surface area is 156 Å². The van der Waals surface area contributed by atoms with Crippen LogP contribution in [0, 0.1) is 12.7 Å². The maximum absolute atomic E-state index is 13.3. The third-order valence-corrected chi connectivity index (χ3v) is 6.81. The van der Waals surface area contributed by atoms with Crippen molar-refractivity contribution in [3.05, 3.63) is 64.1 Å². The van der Waals surface area contributed by atoms with E-state index < -0.39 is 15.8 Å². The SMILES string of the molecule is Cc1cc(F)ccc1S(=O)(=O)NC1CCc2[nH]c3cc(Cl)ccc3c2C1. The molecule has 0 aliphatic heterocycles. The third-order valence-electron chi connectivity index (χ3n) is 4.90. The Morgan fingerprint density at radius 2 is 2.04 bits per heavy atom. The van der Waals surface area contributed by atoms with Gasteiger partial charge in [-0.15, -0.1) is 0 Å². The lowest BCUT2D eigenvalue weighted by Gasteiger charge is -2.24. The van der Waals surface area contributed by atoms with E-state index in [4.69, 9.17) is 11.6 Å². The molecule has 1 heterocycles. The van der Waals surface area contributed by atoms with Crippen LogP contribution in [0.4, 0.5) is 4.39 Å². The maximum Gasteiger partial charge on any atom is 0.241 e. The second-order valence-corrected chi connectivity index (χ2v) is 8.86. The second-order valence-electron chi connectivity index (χ2n) is 6.74. The van der Waals surface area contributed by atoms with Crippen LogP contribution in [0.2, 0.25) is 5.02 Å². The van der Waals surface area contributed by atoms with E-state index in [9.17, 15) is 12.8 Å². The van der Waals surface area contributed by atoms with E-state index >= 15 is 0 Å². The fraction of sp³-hybridized carbons (Fsp3) is 0.263. The van der Waals surface area contributed by atoms with Gasteiger partial charge in [-0.2, -0.15) is 0 Å². The molecule has 26 heavy (non-hydrogen) atoms. The molecule has 4 rings (SSSR count). The summed E-state index contributed by atoms with van der Waals surface area (Å²) in [5, 5.41) is 1.74. The summed E-state index contributed by atoms with van der Waals surface area (Å²) in [6, 6.07) is 9.21. The lowest BCUT2D eigenvalue weighted by Crippen LogP contribution is -2.39. The number of hydrogen-bond acceptors (Lipinski definition) is 2. The summed E-state index contributed by atoms with van der Waals surface area (Å²) in [7, 11) is -3.70. The molecule has 2 aromatic carbocycles. The number of aromatic nitrogens is 1. The second kappa shape index (κ2) is 6.37. The van der Waals surface area contributed by atoms with Crippen LogP contribution in [-0.4, -0.2) is 19.4 Å². The minimum absolute atomic E-state index is 0.121. The fourth-order valence-electron chi connectivity index (χ4n) is 3.70. The molecule has 1 atom stereocenters. The van der Waals surface area contributed by atoms with Crippen molar-refractivity contribution in [3.63, 3.8) is 0 Å². The van der Waals surface area contributed by atoms with Crippen molar-refractivity contribution in [2.24, 2.45) is 0 Å². The van der Waals surface area contributed by atoms with Gasteiger partial charge in [0.05, 0.1) is 4.90 Å². The highest BCUT2D eigenvalue weighted by Gasteiger charge is 2.27. The number of sulfonamides is 1. The molecule has 0 saturated carbocycles. The number of aryl methyl sites for hydroxylation is 2. The summed E-state index contributed by atoms with van der Waals surface area (Å²) in [4.78, 5) is 3.50. The lowest BCUT2D eigenvalue weighted by atomic mass is 9.92. The van der Waals surface area contributed by atoms with Crippen molar-refractivity contribution in [2.45, 2.75) is 37.1 Å². The standard InChI is InChI=1S/C19H18ClFN2O2S/c1-11-8-13(21)3-7-19(11)26(24,25)23-14-4-6-17-16(10-14)15-5-2-12(20)9-18(15)22-17/h2-3,5,7-9,14,22-23H,4,6,10H2,1H3. The topological polar surface area (TPSA) is 62.0 Å². The fourth-order valence-corrected chi connectivity index (χ4v) is 5.36. The lowest BCUT2D eigenvalue weighted by molar-refractivity contribution is 0.506. The van der Waals surface area contributed by atoms with Gasteiger partial charge in [-0.1, -0.05) is 17.7 Å². The zero-order chi connectivity index (χ0) is 18.5. The Morgan fingerprint density at radius 1 is 1.23 bits per heavy atom. The number of halogens is 2. The highest BCUT2D eigenvalue weighted by molar-refractivity contribution is 7.89. The van der Waals surface area contributed by atoms with Crippen LogP contribution in [0.3, 0.4) is 0 Å². The highest BCUT2D eigenvalue weighted by Crippen LogP contribution is 2.31. The van der Waals surface area contributed by atoms with E-state index in [0.29, 0.717) is 23.4 Å². The minimum Gasteiger partial charge on any atom is -0.358 e. The molecule has 3 aromatic rings. The molecule has 1 aromatic heterocycles. The van der Waals surface area contributed by atoms with Crippen LogP contribution in [0.1, 0.15) is 23.2 Å².